The van der Waals surface area contributed by atoms with E-state index in [-0.39, 0.29) is 47.3 Å². The van der Waals surface area contributed by atoms with Crippen LogP contribution in [0.4, 0.5) is 0 Å². The fourth-order valence-electron chi connectivity index (χ4n) is 4.98. The van der Waals surface area contributed by atoms with Crippen LogP contribution in [0.5, 0.6) is 34.5 Å². The molecule has 0 fully saturated rings. The van der Waals surface area contributed by atoms with Gasteiger partial charge in [-0.25, -0.2) is 19.2 Å². The highest BCUT2D eigenvalue weighted by Gasteiger charge is 2.15. The molecule has 14 nitrogen and oxygen atoms in total. The summed E-state index contributed by atoms with van der Waals surface area (Å²) >= 11 is 0. The molecule has 0 unspecified atom stereocenters. The third-order valence-electron chi connectivity index (χ3n) is 8.11. The highest BCUT2D eigenvalue weighted by Crippen LogP contribution is 2.27. The second kappa shape index (κ2) is 22.4. The summed E-state index contributed by atoms with van der Waals surface area (Å²) in [4.78, 5) is 47.6. The number of carbonyl (C=O) groups excluding carboxylic acids is 4. The summed E-state index contributed by atoms with van der Waals surface area (Å²) in [5, 5.41) is 29.8. The maximum Gasteiger partial charge on any atom is 0.343 e. The first-order chi connectivity index (χ1) is 28.0. The van der Waals surface area contributed by atoms with Crippen LogP contribution in [-0.2, 0) is 19.1 Å². The van der Waals surface area contributed by atoms with Crippen molar-refractivity contribution < 1.29 is 57.8 Å². The third-order valence-corrected chi connectivity index (χ3v) is 8.11. The number of rotatable bonds is 21. The first kappa shape index (κ1) is 43.5. The SMILES string of the molecule is C=CC(=O)OCCCCOc1ccc(C(=O)Oc2ccc(/C(C)=N/N=C(\C)c3ccc(OC(=O)c4ccc(OCCCCOC(=O)C=C)cc4)cc3O)c(O)c2)cc1. The predicted octanol–water partition coefficient (Wildman–Crippen LogP) is 7.55. The van der Waals surface area contributed by atoms with Gasteiger partial charge in [-0.3, -0.25) is 0 Å². The Bertz CT molecular complexity index is 1990. The van der Waals surface area contributed by atoms with Crippen molar-refractivity contribution in [3.05, 3.63) is 132 Å². The van der Waals surface area contributed by atoms with Gasteiger partial charge < -0.3 is 38.6 Å². The zero-order chi connectivity index (χ0) is 41.9. The van der Waals surface area contributed by atoms with Crippen LogP contribution in [0.25, 0.3) is 0 Å². The molecule has 0 saturated carbocycles. The monoisotopic (exact) mass is 792 g/mol. The average molecular weight is 793 g/mol. The largest absolute Gasteiger partial charge is 0.507 e. The van der Waals surface area contributed by atoms with Crippen molar-refractivity contribution in [2.45, 2.75) is 39.5 Å². The molecule has 4 rings (SSSR count). The number of phenols is 2. The van der Waals surface area contributed by atoms with E-state index in [9.17, 15) is 29.4 Å². The Balaban J connectivity index is 1.25. The van der Waals surface area contributed by atoms with Gasteiger partial charge in [0.15, 0.2) is 0 Å². The maximum absolute atomic E-state index is 12.7. The van der Waals surface area contributed by atoms with E-state index in [0.717, 1.165) is 12.2 Å². The van der Waals surface area contributed by atoms with Crippen LogP contribution in [0.2, 0.25) is 0 Å². The van der Waals surface area contributed by atoms with Gasteiger partial charge in [-0.15, -0.1) is 0 Å². The number of unbranched alkanes of at least 4 members (excludes halogenated alkanes) is 2. The lowest BCUT2D eigenvalue weighted by Gasteiger charge is -2.10. The van der Waals surface area contributed by atoms with Gasteiger partial charge >= 0.3 is 23.9 Å². The minimum Gasteiger partial charge on any atom is -0.507 e. The summed E-state index contributed by atoms with van der Waals surface area (Å²) in [5.74, 6) is -1.25. The van der Waals surface area contributed by atoms with Gasteiger partial charge in [0.2, 0.25) is 0 Å². The number of esters is 4. The van der Waals surface area contributed by atoms with E-state index in [4.69, 9.17) is 28.4 Å². The normalized spacial score (nSPS) is 11.2. The first-order valence-corrected chi connectivity index (χ1v) is 18.2. The van der Waals surface area contributed by atoms with E-state index in [2.05, 4.69) is 23.4 Å². The van der Waals surface area contributed by atoms with E-state index in [1.165, 1.54) is 36.4 Å². The van der Waals surface area contributed by atoms with Gasteiger partial charge in [-0.1, -0.05) is 13.2 Å². The third kappa shape index (κ3) is 13.8. The number of carbonyl (C=O) groups is 4. The van der Waals surface area contributed by atoms with Crippen molar-refractivity contribution in [3.63, 3.8) is 0 Å². The molecule has 0 amide bonds. The van der Waals surface area contributed by atoms with Crippen LogP contribution in [0, 0.1) is 0 Å². The van der Waals surface area contributed by atoms with E-state index < -0.39 is 23.9 Å². The number of aromatic hydroxyl groups is 2. The lowest BCUT2D eigenvalue weighted by Crippen LogP contribution is -2.09. The average Bonchev–Trinajstić information content (AvgIpc) is 3.22. The van der Waals surface area contributed by atoms with Crippen molar-refractivity contribution in [3.8, 4) is 34.5 Å². The molecule has 0 atom stereocenters. The van der Waals surface area contributed by atoms with Crippen molar-refractivity contribution in [1.82, 2.24) is 0 Å². The Labute approximate surface area is 335 Å². The maximum atomic E-state index is 12.7. The van der Waals surface area contributed by atoms with Gasteiger partial charge in [0.25, 0.3) is 0 Å². The molecule has 58 heavy (non-hydrogen) atoms. The molecule has 0 aliphatic carbocycles. The summed E-state index contributed by atoms with van der Waals surface area (Å²) in [6.45, 7) is 11.3. The van der Waals surface area contributed by atoms with E-state index in [0.29, 0.717) is 72.9 Å². The molecule has 0 radical (unpaired) electrons. The van der Waals surface area contributed by atoms with E-state index >= 15 is 0 Å². The van der Waals surface area contributed by atoms with E-state index in [1.54, 1.807) is 62.4 Å². The number of hydrogen-bond acceptors (Lipinski definition) is 14. The van der Waals surface area contributed by atoms with Crippen molar-refractivity contribution in [2.75, 3.05) is 26.4 Å². The van der Waals surface area contributed by atoms with Crippen molar-refractivity contribution >= 4 is 35.3 Å². The lowest BCUT2D eigenvalue weighted by atomic mass is 10.1. The molecule has 0 saturated heterocycles. The highest BCUT2D eigenvalue weighted by atomic mass is 16.5. The van der Waals surface area contributed by atoms with Crippen molar-refractivity contribution in [1.29, 1.82) is 0 Å². The van der Waals surface area contributed by atoms with Crippen LogP contribution in [0.15, 0.2) is 120 Å². The van der Waals surface area contributed by atoms with E-state index in [1.807, 2.05) is 0 Å². The number of hydrogen-bond donors (Lipinski definition) is 2. The zero-order valence-corrected chi connectivity index (χ0v) is 32.2. The Morgan fingerprint density at radius 2 is 0.879 bits per heavy atom. The molecule has 4 aromatic rings. The smallest absolute Gasteiger partial charge is 0.343 e. The van der Waals surface area contributed by atoms with Gasteiger partial charge in [-0.2, -0.15) is 10.2 Å². The fourth-order valence-corrected chi connectivity index (χ4v) is 4.98. The molecule has 14 heteroatoms. The Hall–Kier alpha value is -7.22. The summed E-state index contributed by atoms with van der Waals surface area (Å²) in [6, 6.07) is 21.5. The van der Waals surface area contributed by atoms with Crippen molar-refractivity contribution in [2.24, 2.45) is 10.2 Å². The van der Waals surface area contributed by atoms with Gasteiger partial charge in [0.05, 0.1) is 49.0 Å². The summed E-state index contributed by atoms with van der Waals surface area (Å²) < 4.78 is 32.0. The molecule has 0 aliphatic heterocycles. The van der Waals surface area contributed by atoms with Gasteiger partial charge in [-0.05, 0) is 112 Å². The van der Waals surface area contributed by atoms with Crippen LogP contribution in [-0.4, -0.2) is 71.9 Å². The standard InChI is InChI=1S/C44H44N2O12/c1-5-41(49)55-25-9-7-23-53-33-15-11-31(12-16-33)43(51)57-35-19-21-37(39(47)27-35)29(3)45-46-30(4)38-22-20-36(28-40(38)48)58-44(52)32-13-17-34(18-14-32)54-24-8-10-26-56-42(50)6-2/h5-6,11-22,27-28,47-48H,1-2,7-10,23-26H2,3-4H3/b45-29+,46-30+. The molecule has 4 aromatic carbocycles. The summed E-state index contributed by atoms with van der Waals surface area (Å²) in [6.07, 6.45) is 4.82. The predicted molar refractivity (Wildman–Crippen MR) is 215 cm³/mol. The molecule has 302 valence electrons. The molecule has 0 heterocycles. The highest BCUT2D eigenvalue weighted by molar-refractivity contribution is 6.04. The molecular formula is C44H44N2O12. The second-order valence-corrected chi connectivity index (χ2v) is 12.4. The van der Waals surface area contributed by atoms with Gasteiger partial charge in [0, 0.05) is 35.4 Å². The van der Waals surface area contributed by atoms with Crippen LogP contribution in [0.3, 0.4) is 0 Å². The lowest BCUT2D eigenvalue weighted by molar-refractivity contribution is -0.138. The fraction of sp³-hybridized carbons (Fsp3) is 0.227. The number of benzene rings is 4. The number of nitrogens with zero attached hydrogens (tertiary/aromatic N) is 2. The molecular weight excluding hydrogens is 748 g/mol. The van der Waals surface area contributed by atoms with Crippen LogP contribution < -0.4 is 18.9 Å². The molecule has 0 bridgehead atoms. The van der Waals surface area contributed by atoms with Crippen LogP contribution >= 0.6 is 0 Å². The molecule has 0 spiro atoms. The van der Waals surface area contributed by atoms with Gasteiger partial charge in [0.1, 0.15) is 34.5 Å². The molecule has 0 aliphatic rings. The topological polar surface area (TPSA) is 189 Å². The summed E-state index contributed by atoms with van der Waals surface area (Å²) in [7, 11) is 0. The minimum absolute atomic E-state index is 0.113. The minimum atomic E-state index is -0.635. The molecule has 2 N–H and O–H groups in total. The quantitative estimate of drug-likeness (QED) is 0.0211. The Morgan fingerprint density at radius 1 is 0.534 bits per heavy atom. The Kier molecular flexibility index (Phi) is 16.8. The summed E-state index contributed by atoms with van der Waals surface area (Å²) in [5.41, 5.74) is 1.92. The first-order valence-electron chi connectivity index (χ1n) is 18.2. The molecule has 0 aromatic heterocycles. The zero-order valence-electron chi connectivity index (χ0n) is 32.2. The number of phenolic OH excluding ortho intramolecular Hbond substituents is 2. The van der Waals surface area contributed by atoms with Crippen LogP contribution in [0.1, 0.15) is 71.4 Å². The second-order valence-electron chi connectivity index (χ2n) is 12.4. The Morgan fingerprint density at radius 3 is 1.22 bits per heavy atom. The number of ether oxygens (including phenoxy) is 6.